The van der Waals surface area contributed by atoms with Crippen molar-refractivity contribution < 1.29 is 22.7 Å². The topological polar surface area (TPSA) is 120 Å². The third-order valence-corrected chi connectivity index (χ3v) is 4.71. The lowest BCUT2D eigenvalue weighted by atomic mass is 10.1. The average molecular weight is 422 g/mol. The van der Waals surface area contributed by atoms with Crippen LogP contribution in [0.2, 0.25) is 0 Å². The summed E-state index contributed by atoms with van der Waals surface area (Å²) in [6.07, 6.45) is 0. The van der Waals surface area contributed by atoms with Gasteiger partial charge in [-0.1, -0.05) is 6.07 Å². The predicted molar refractivity (Wildman–Crippen MR) is 112 cm³/mol. The van der Waals surface area contributed by atoms with Gasteiger partial charge in [0.15, 0.2) is 18.1 Å². The largest absolute Gasteiger partial charge is 0.493 e. The maximum atomic E-state index is 11.9. The van der Waals surface area contributed by atoms with E-state index < -0.39 is 10.0 Å². The maximum Gasteiger partial charge on any atom is 0.258 e. The molecule has 2 aromatic rings. The molecule has 4 N–H and O–H groups in total. The van der Waals surface area contributed by atoms with Crippen molar-refractivity contribution in [3.63, 3.8) is 0 Å². The lowest BCUT2D eigenvalue weighted by Crippen LogP contribution is -2.43. The molecule has 158 valence electrons. The van der Waals surface area contributed by atoms with E-state index in [0.29, 0.717) is 18.0 Å². The SMILES string of the molecule is COc1cc(CNc2ccc(S(N)(=O)=O)cc2)ccc1OCC(=O)NC(C)(C)C. The number of anilines is 1. The molecule has 0 radical (unpaired) electrons. The zero-order valence-corrected chi connectivity index (χ0v) is 17.8. The standard InChI is InChI=1S/C20H27N3O5S/c1-20(2,3)23-19(24)13-28-17-10-5-14(11-18(17)27-4)12-22-15-6-8-16(9-7-15)29(21,25)26/h5-11,22H,12-13H2,1-4H3,(H,23,24)(H2,21,25,26). The zero-order valence-electron chi connectivity index (χ0n) is 17.0. The molecule has 0 fully saturated rings. The molecule has 0 aliphatic rings. The van der Waals surface area contributed by atoms with Crippen LogP contribution in [0.5, 0.6) is 11.5 Å². The molecule has 2 rings (SSSR count). The monoisotopic (exact) mass is 421 g/mol. The molecule has 29 heavy (non-hydrogen) atoms. The molecule has 0 unspecified atom stereocenters. The van der Waals surface area contributed by atoms with Crippen molar-refractivity contribution in [1.29, 1.82) is 0 Å². The van der Waals surface area contributed by atoms with Gasteiger partial charge in [0.25, 0.3) is 5.91 Å². The average Bonchev–Trinajstić information content (AvgIpc) is 2.63. The van der Waals surface area contributed by atoms with Crippen molar-refractivity contribution in [2.45, 2.75) is 37.8 Å². The van der Waals surface area contributed by atoms with Gasteiger partial charge >= 0.3 is 0 Å². The molecule has 0 spiro atoms. The summed E-state index contributed by atoms with van der Waals surface area (Å²) in [4.78, 5) is 12.0. The minimum atomic E-state index is -3.71. The molecule has 0 aliphatic carbocycles. The number of nitrogens with two attached hydrogens (primary N) is 1. The Labute approximate surface area is 171 Å². The Bertz CT molecular complexity index is 951. The highest BCUT2D eigenvalue weighted by atomic mass is 32.2. The summed E-state index contributed by atoms with van der Waals surface area (Å²) in [7, 11) is -2.18. The van der Waals surface area contributed by atoms with E-state index in [9.17, 15) is 13.2 Å². The van der Waals surface area contributed by atoms with Crippen LogP contribution in [0.1, 0.15) is 26.3 Å². The van der Waals surface area contributed by atoms with Crippen molar-refractivity contribution in [2.75, 3.05) is 19.0 Å². The van der Waals surface area contributed by atoms with E-state index in [1.165, 1.54) is 19.2 Å². The van der Waals surface area contributed by atoms with Gasteiger partial charge in [0.1, 0.15) is 0 Å². The molecule has 0 saturated carbocycles. The summed E-state index contributed by atoms with van der Waals surface area (Å²) >= 11 is 0. The van der Waals surface area contributed by atoms with Crippen LogP contribution in [0.4, 0.5) is 5.69 Å². The fourth-order valence-electron chi connectivity index (χ4n) is 2.51. The van der Waals surface area contributed by atoms with Gasteiger partial charge in [0.2, 0.25) is 10.0 Å². The molecule has 0 aliphatic heterocycles. The van der Waals surface area contributed by atoms with E-state index >= 15 is 0 Å². The first kappa shape index (κ1) is 22.5. The number of carbonyl (C=O) groups excluding carboxylic acids is 1. The second-order valence-electron chi connectivity index (χ2n) is 7.50. The van der Waals surface area contributed by atoms with Crippen LogP contribution in [0.3, 0.4) is 0 Å². The van der Waals surface area contributed by atoms with Crippen LogP contribution in [0, 0.1) is 0 Å². The third kappa shape index (κ3) is 7.28. The Kier molecular flexibility index (Phi) is 7.10. The molecule has 1 amide bonds. The molecule has 0 saturated heterocycles. The first-order chi connectivity index (χ1) is 13.5. The van der Waals surface area contributed by atoms with Crippen LogP contribution in [0.15, 0.2) is 47.4 Å². The second-order valence-corrected chi connectivity index (χ2v) is 9.06. The summed E-state index contributed by atoms with van der Waals surface area (Å²) in [6, 6.07) is 11.6. The number of ether oxygens (including phenoxy) is 2. The number of amides is 1. The number of carbonyl (C=O) groups is 1. The van der Waals surface area contributed by atoms with Gasteiger partial charge in [-0.15, -0.1) is 0 Å². The summed E-state index contributed by atoms with van der Waals surface area (Å²) in [6.45, 7) is 6.07. The van der Waals surface area contributed by atoms with Crippen molar-refractivity contribution >= 4 is 21.6 Å². The van der Waals surface area contributed by atoms with E-state index in [2.05, 4.69) is 10.6 Å². The molecule has 0 aromatic heterocycles. The lowest BCUT2D eigenvalue weighted by molar-refractivity contribution is -0.124. The molecule has 9 heteroatoms. The Morgan fingerprint density at radius 3 is 2.28 bits per heavy atom. The molecule has 0 atom stereocenters. The van der Waals surface area contributed by atoms with Crippen LogP contribution in [-0.4, -0.2) is 33.6 Å². The number of rotatable bonds is 8. The highest BCUT2D eigenvalue weighted by molar-refractivity contribution is 7.89. The molecular formula is C20H27N3O5S. The van der Waals surface area contributed by atoms with E-state index in [1.807, 2.05) is 32.9 Å². The molecular weight excluding hydrogens is 394 g/mol. The van der Waals surface area contributed by atoms with Gasteiger partial charge in [0, 0.05) is 17.8 Å². The Hall–Kier alpha value is -2.78. The van der Waals surface area contributed by atoms with Crippen LogP contribution in [0.25, 0.3) is 0 Å². The summed E-state index contributed by atoms with van der Waals surface area (Å²) < 4.78 is 33.5. The summed E-state index contributed by atoms with van der Waals surface area (Å²) in [5.74, 6) is 0.767. The Balaban J connectivity index is 1.98. The number of sulfonamides is 1. The quantitative estimate of drug-likeness (QED) is 0.601. The number of primary sulfonamides is 1. The van der Waals surface area contributed by atoms with Crippen LogP contribution < -0.4 is 25.2 Å². The molecule has 8 nitrogen and oxygen atoms in total. The molecule has 2 aromatic carbocycles. The first-order valence-corrected chi connectivity index (χ1v) is 10.5. The minimum Gasteiger partial charge on any atom is -0.493 e. The van der Waals surface area contributed by atoms with Crippen LogP contribution in [-0.2, 0) is 21.4 Å². The van der Waals surface area contributed by atoms with E-state index in [1.54, 1.807) is 18.2 Å². The number of methoxy groups -OCH3 is 1. The van der Waals surface area contributed by atoms with E-state index in [4.69, 9.17) is 14.6 Å². The van der Waals surface area contributed by atoms with Gasteiger partial charge in [0.05, 0.1) is 12.0 Å². The fourth-order valence-corrected chi connectivity index (χ4v) is 3.02. The minimum absolute atomic E-state index is 0.0571. The molecule has 0 heterocycles. The number of benzene rings is 2. The highest BCUT2D eigenvalue weighted by Crippen LogP contribution is 2.28. The van der Waals surface area contributed by atoms with Crippen molar-refractivity contribution in [3.05, 3.63) is 48.0 Å². The second kappa shape index (κ2) is 9.15. The highest BCUT2D eigenvalue weighted by Gasteiger charge is 2.15. The normalized spacial score (nSPS) is 11.6. The third-order valence-electron chi connectivity index (χ3n) is 3.78. The van der Waals surface area contributed by atoms with Crippen LogP contribution >= 0.6 is 0 Å². The van der Waals surface area contributed by atoms with Gasteiger partial charge in [-0.2, -0.15) is 0 Å². The Morgan fingerprint density at radius 2 is 1.72 bits per heavy atom. The predicted octanol–water partition coefficient (Wildman–Crippen LogP) is 2.25. The first-order valence-electron chi connectivity index (χ1n) is 8.95. The molecule has 0 bridgehead atoms. The van der Waals surface area contributed by atoms with Crippen molar-refractivity contribution in [3.8, 4) is 11.5 Å². The summed E-state index contributed by atoms with van der Waals surface area (Å²) in [5.41, 5.74) is 1.34. The van der Waals surface area contributed by atoms with Gasteiger partial charge in [-0.25, -0.2) is 13.6 Å². The van der Waals surface area contributed by atoms with Crippen molar-refractivity contribution in [1.82, 2.24) is 5.32 Å². The number of hydrogen-bond acceptors (Lipinski definition) is 6. The maximum absolute atomic E-state index is 11.9. The lowest BCUT2D eigenvalue weighted by Gasteiger charge is -2.20. The van der Waals surface area contributed by atoms with Gasteiger partial charge in [-0.3, -0.25) is 4.79 Å². The van der Waals surface area contributed by atoms with Gasteiger partial charge in [-0.05, 0) is 62.7 Å². The smallest absolute Gasteiger partial charge is 0.258 e. The summed E-state index contributed by atoms with van der Waals surface area (Å²) in [5, 5.41) is 11.1. The Morgan fingerprint density at radius 1 is 1.07 bits per heavy atom. The van der Waals surface area contributed by atoms with E-state index in [-0.39, 0.29) is 22.9 Å². The van der Waals surface area contributed by atoms with Crippen molar-refractivity contribution in [2.24, 2.45) is 5.14 Å². The zero-order chi connectivity index (χ0) is 21.7. The fraction of sp³-hybridized carbons (Fsp3) is 0.350. The number of nitrogens with one attached hydrogen (secondary N) is 2. The van der Waals surface area contributed by atoms with Gasteiger partial charge < -0.3 is 20.1 Å². The van der Waals surface area contributed by atoms with E-state index in [0.717, 1.165) is 11.3 Å². The number of hydrogen-bond donors (Lipinski definition) is 3.